The molecular formula is C33H34N6O5. The lowest BCUT2D eigenvalue weighted by atomic mass is 10.1. The van der Waals surface area contributed by atoms with E-state index in [1.54, 1.807) is 0 Å². The number of H-pyrrole nitrogens is 1. The van der Waals surface area contributed by atoms with Gasteiger partial charge in [-0.3, -0.25) is 24.6 Å². The van der Waals surface area contributed by atoms with E-state index < -0.39 is 11.9 Å². The normalized spacial score (nSPS) is 17.0. The molecule has 0 saturated carbocycles. The number of hydrogen-bond donors (Lipinski definition) is 5. The first kappa shape index (κ1) is 30.0. The molecule has 0 amide bonds. The fourth-order valence-corrected chi connectivity index (χ4v) is 4.89. The number of nitrogens with one attached hydrogen (secondary N) is 3. The summed E-state index contributed by atoms with van der Waals surface area (Å²) < 4.78 is 6.11. The second kappa shape index (κ2) is 12.8. The van der Waals surface area contributed by atoms with Crippen LogP contribution in [0, 0.1) is 0 Å². The van der Waals surface area contributed by atoms with Crippen LogP contribution in [0.5, 0.6) is 0 Å². The Kier molecular flexibility index (Phi) is 8.75. The van der Waals surface area contributed by atoms with Crippen LogP contribution in [0.15, 0.2) is 81.3 Å². The Morgan fingerprint density at radius 2 is 1.39 bits per heavy atom. The second-order valence-corrected chi connectivity index (χ2v) is 10.8. The van der Waals surface area contributed by atoms with Gasteiger partial charge in [-0.25, -0.2) is 0 Å². The summed E-state index contributed by atoms with van der Waals surface area (Å²) in [6.07, 6.45) is 1.92. The van der Waals surface area contributed by atoms with Crippen molar-refractivity contribution in [2.75, 3.05) is 13.1 Å². The van der Waals surface area contributed by atoms with Crippen LogP contribution in [-0.2, 0) is 9.59 Å². The summed E-state index contributed by atoms with van der Waals surface area (Å²) in [5.41, 5.74) is 7.03. The zero-order valence-corrected chi connectivity index (χ0v) is 24.9. The summed E-state index contributed by atoms with van der Waals surface area (Å²) in [6, 6.07) is 21.7. The molecule has 2 aliphatic rings. The van der Waals surface area contributed by atoms with Crippen LogP contribution in [0.25, 0.3) is 44.4 Å². The lowest BCUT2D eigenvalue weighted by Crippen LogP contribution is -2.27. The predicted octanol–water partition coefficient (Wildman–Crippen LogP) is 5.30. The SMILES string of the molecule is CC(=O)O.CC(=O)O.CC1CN=C(c2ccc3cc(-c4ccc(-c5ccc6cc(C7=NCC(C)N7)oc6c5)cn4)[nH]c3c2)N1. The number of nitrogens with zero attached hydrogens (tertiary/aromatic N) is 3. The van der Waals surface area contributed by atoms with Crippen molar-refractivity contribution in [1.29, 1.82) is 0 Å². The highest BCUT2D eigenvalue weighted by molar-refractivity contribution is 6.03. The third-order valence-corrected chi connectivity index (χ3v) is 6.83. The maximum absolute atomic E-state index is 9.00. The Bertz CT molecular complexity index is 1820. The molecule has 5 aromatic rings. The summed E-state index contributed by atoms with van der Waals surface area (Å²) >= 11 is 0. The van der Waals surface area contributed by atoms with Crippen LogP contribution in [0.3, 0.4) is 0 Å². The van der Waals surface area contributed by atoms with Gasteiger partial charge in [-0.05, 0) is 49.7 Å². The lowest BCUT2D eigenvalue weighted by Gasteiger charge is -2.05. The third-order valence-electron chi connectivity index (χ3n) is 6.83. The van der Waals surface area contributed by atoms with Crippen LogP contribution in [0.4, 0.5) is 0 Å². The van der Waals surface area contributed by atoms with E-state index in [9.17, 15) is 0 Å². The Balaban J connectivity index is 0.000000432. The van der Waals surface area contributed by atoms with Gasteiger partial charge in [-0.15, -0.1) is 0 Å². The molecule has 0 saturated heterocycles. The number of fused-ring (bicyclic) bond motifs is 2. The number of benzene rings is 2. The van der Waals surface area contributed by atoms with Crippen LogP contribution in [0.2, 0.25) is 0 Å². The summed E-state index contributed by atoms with van der Waals surface area (Å²) in [6.45, 7) is 8.02. The summed E-state index contributed by atoms with van der Waals surface area (Å²) in [5, 5.41) is 23.8. The molecule has 11 heteroatoms. The number of carboxylic acids is 2. The summed E-state index contributed by atoms with van der Waals surface area (Å²) in [4.78, 5) is 35.4. The average molecular weight is 595 g/mol. The number of hydrogen-bond acceptors (Lipinski definition) is 8. The first-order chi connectivity index (χ1) is 21.0. The quantitative estimate of drug-likeness (QED) is 0.187. The molecule has 3 aromatic heterocycles. The molecule has 0 radical (unpaired) electrons. The third kappa shape index (κ3) is 7.12. The van der Waals surface area contributed by atoms with E-state index in [0.29, 0.717) is 12.1 Å². The van der Waals surface area contributed by atoms with Gasteiger partial charge in [-0.2, -0.15) is 0 Å². The smallest absolute Gasteiger partial charge is 0.300 e. The molecule has 7 rings (SSSR count). The highest BCUT2D eigenvalue weighted by Crippen LogP contribution is 2.29. The molecule has 11 nitrogen and oxygen atoms in total. The van der Waals surface area contributed by atoms with Crippen molar-refractivity contribution in [2.45, 2.75) is 39.8 Å². The number of aliphatic imine (C=N–C) groups is 2. The number of carboxylic acid groups (broad SMARTS) is 2. The largest absolute Gasteiger partial charge is 0.481 e. The lowest BCUT2D eigenvalue weighted by molar-refractivity contribution is -0.135. The maximum atomic E-state index is 9.00. The molecule has 0 spiro atoms. The van der Waals surface area contributed by atoms with Gasteiger partial charge in [0.25, 0.3) is 11.9 Å². The van der Waals surface area contributed by atoms with Crippen molar-refractivity contribution >= 4 is 45.5 Å². The molecular weight excluding hydrogens is 560 g/mol. The Labute approximate surface area is 253 Å². The van der Waals surface area contributed by atoms with Crippen LogP contribution in [0.1, 0.15) is 39.0 Å². The molecule has 44 heavy (non-hydrogen) atoms. The number of aliphatic carboxylic acids is 2. The minimum atomic E-state index is -0.833. The zero-order chi connectivity index (χ0) is 31.4. The van der Waals surface area contributed by atoms with Crippen molar-refractivity contribution in [3.05, 3.63) is 78.2 Å². The van der Waals surface area contributed by atoms with Crippen molar-refractivity contribution in [3.8, 4) is 22.5 Å². The van der Waals surface area contributed by atoms with E-state index in [2.05, 4.69) is 94.0 Å². The number of pyridine rings is 1. The highest BCUT2D eigenvalue weighted by atomic mass is 16.4. The number of amidine groups is 2. The van der Waals surface area contributed by atoms with E-state index in [0.717, 1.165) is 94.3 Å². The van der Waals surface area contributed by atoms with Gasteiger partial charge in [0.1, 0.15) is 11.4 Å². The number of aromatic amines is 1. The van der Waals surface area contributed by atoms with Gasteiger partial charge in [-0.1, -0.05) is 30.3 Å². The van der Waals surface area contributed by atoms with Gasteiger partial charge in [0.05, 0.1) is 24.5 Å². The molecule has 0 aliphatic carbocycles. The van der Waals surface area contributed by atoms with Crippen LogP contribution < -0.4 is 10.6 Å². The molecule has 2 unspecified atom stereocenters. The molecule has 2 aliphatic heterocycles. The van der Waals surface area contributed by atoms with Gasteiger partial charge in [0, 0.05) is 59.5 Å². The molecule has 226 valence electrons. The zero-order valence-electron chi connectivity index (χ0n) is 24.9. The number of rotatable bonds is 4. The summed E-state index contributed by atoms with van der Waals surface area (Å²) in [5.74, 6) is 0.914. The van der Waals surface area contributed by atoms with Crippen molar-refractivity contribution in [3.63, 3.8) is 0 Å². The standard InChI is InChI=1S/C29H26N6O.2C2H4O2/c1-16-13-31-28(33-16)21-6-4-19-9-25(35-24(19)10-21)23-8-7-22(15-30-23)18-3-5-20-12-27(36-26(20)11-18)29-32-14-17(2)34-29;2*1-2(3)4/h3-12,15-17,35H,13-14H2,1-2H3,(H,31,33)(H,32,34);2*1H3,(H,3,4). The molecule has 5 heterocycles. The minimum Gasteiger partial charge on any atom is -0.481 e. The Hall–Kier alpha value is -5.45. The van der Waals surface area contributed by atoms with Gasteiger partial charge >= 0.3 is 0 Å². The van der Waals surface area contributed by atoms with Crippen molar-refractivity contribution < 1.29 is 24.2 Å². The first-order valence-corrected chi connectivity index (χ1v) is 14.2. The number of furan rings is 1. The molecule has 5 N–H and O–H groups in total. The highest BCUT2D eigenvalue weighted by Gasteiger charge is 2.18. The monoisotopic (exact) mass is 594 g/mol. The predicted molar refractivity (Wildman–Crippen MR) is 171 cm³/mol. The Morgan fingerprint density at radius 1 is 0.773 bits per heavy atom. The van der Waals surface area contributed by atoms with Gasteiger partial charge < -0.3 is 30.2 Å². The van der Waals surface area contributed by atoms with Crippen LogP contribution >= 0.6 is 0 Å². The van der Waals surface area contributed by atoms with E-state index in [1.165, 1.54) is 0 Å². The van der Waals surface area contributed by atoms with E-state index in [-0.39, 0.29) is 0 Å². The average Bonchev–Trinajstić information content (AvgIpc) is 3.77. The minimum absolute atomic E-state index is 0.343. The fraction of sp³-hybridized carbons (Fsp3) is 0.242. The first-order valence-electron chi connectivity index (χ1n) is 14.2. The van der Waals surface area contributed by atoms with E-state index in [4.69, 9.17) is 29.2 Å². The number of aromatic nitrogens is 2. The van der Waals surface area contributed by atoms with Crippen molar-refractivity contribution in [2.24, 2.45) is 9.98 Å². The Morgan fingerprint density at radius 3 is 2.00 bits per heavy atom. The molecule has 2 atom stereocenters. The van der Waals surface area contributed by atoms with Gasteiger partial charge in [0.15, 0.2) is 11.6 Å². The molecule has 0 bridgehead atoms. The topological polar surface area (TPSA) is 165 Å². The summed E-state index contributed by atoms with van der Waals surface area (Å²) in [7, 11) is 0. The van der Waals surface area contributed by atoms with E-state index in [1.807, 2.05) is 12.3 Å². The van der Waals surface area contributed by atoms with Gasteiger partial charge in [0.2, 0.25) is 0 Å². The maximum Gasteiger partial charge on any atom is 0.300 e. The van der Waals surface area contributed by atoms with E-state index >= 15 is 0 Å². The molecule has 2 aromatic carbocycles. The fourth-order valence-electron chi connectivity index (χ4n) is 4.89. The number of carbonyl (C=O) groups is 2. The van der Waals surface area contributed by atoms with Crippen LogP contribution in [-0.4, -0.2) is 69.0 Å². The molecule has 0 fully saturated rings. The van der Waals surface area contributed by atoms with Crippen molar-refractivity contribution in [1.82, 2.24) is 20.6 Å². The second-order valence-electron chi connectivity index (χ2n) is 10.8.